The molecule has 6 heteroatoms. The summed E-state index contributed by atoms with van der Waals surface area (Å²) in [6, 6.07) is -1.47. The number of carboxylic acids is 1. The van der Waals surface area contributed by atoms with Crippen LogP contribution in [-0.4, -0.2) is 41.4 Å². The van der Waals surface area contributed by atoms with Gasteiger partial charge in [0.15, 0.2) is 0 Å². The van der Waals surface area contributed by atoms with Gasteiger partial charge in [-0.3, -0.25) is 0 Å². The molecule has 2 aliphatic carbocycles. The lowest BCUT2D eigenvalue weighted by Crippen LogP contribution is -2.47. The fourth-order valence-electron chi connectivity index (χ4n) is 2.57. The Morgan fingerprint density at radius 1 is 1.16 bits per heavy atom. The zero-order valence-electron chi connectivity index (χ0n) is 11.0. The van der Waals surface area contributed by atoms with Gasteiger partial charge >= 0.3 is 12.0 Å². The van der Waals surface area contributed by atoms with Gasteiger partial charge in [0.2, 0.25) is 0 Å². The number of carbonyl (C=O) groups is 2. The van der Waals surface area contributed by atoms with Gasteiger partial charge in [-0.15, -0.1) is 0 Å². The van der Waals surface area contributed by atoms with Crippen molar-refractivity contribution in [3.8, 4) is 0 Å². The molecule has 2 amide bonds. The molecule has 2 saturated carbocycles. The normalized spacial score (nSPS) is 20.1. The maximum absolute atomic E-state index is 11.7. The molecule has 2 aliphatic rings. The second-order valence-electron chi connectivity index (χ2n) is 5.60. The lowest BCUT2D eigenvalue weighted by molar-refractivity contribution is -0.139. The van der Waals surface area contributed by atoms with E-state index >= 15 is 0 Å². The summed E-state index contributed by atoms with van der Waals surface area (Å²) in [5.41, 5.74) is 0. The fourth-order valence-corrected chi connectivity index (χ4v) is 2.57. The predicted molar refractivity (Wildman–Crippen MR) is 68.6 cm³/mol. The van der Waals surface area contributed by atoms with Gasteiger partial charge < -0.3 is 20.8 Å². The average molecular weight is 270 g/mol. The summed E-state index contributed by atoms with van der Waals surface area (Å²) in [6.07, 6.45) is 5.05. The SMILES string of the molecule is O=C(NCC(C1CC1)C1CC1)NC(CCO)C(=O)O. The number of hydrogen-bond donors (Lipinski definition) is 4. The molecule has 0 aromatic rings. The number of aliphatic hydroxyl groups excluding tert-OH is 1. The first kappa shape index (κ1) is 14.1. The van der Waals surface area contributed by atoms with Crippen LogP contribution in [0.2, 0.25) is 0 Å². The molecule has 0 radical (unpaired) electrons. The molecule has 2 rings (SSSR count). The van der Waals surface area contributed by atoms with Crippen LogP contribution in [0.3, 0.4) is 0 Å². The Labute approximate surface area is 112 Å². The summed E-state index contributed by atoms with van der Waals surface area (Å²) in [5, 5.41) is 22.8. The van der Waals surface area contributed by atoms with Crippen LogP contribution in [0.5, 0.6) is 0 Å². The first-order valence-corrected chi connectivity index (χ1v) is 7.00. The van der Waals surface area contributed by atoms with E-state index in [1.807, 2.05) is 0 Å². The van der Waals surface area contributed by atoms with Gasteiger partial charge in [-0.2, -0.15) is 0 Å². The van der Waals surface area contributed by atoms with Crippen molar-refractivity contribution in [3.05, 3.63) is 0 Å². The smallest absolute Gasteiger partial charge is 0.326 e. The van der Waals surface area contributed by atoms with Crippen LogP contribution in [0.15, 0.2) is 0 Å². The highest BCUT2D eigenvalue weighted by Crippen LogP contribution is 2.48. The largest absolute Gasteiger partial charge is 0.480 e. The summed E-state index contributed by atoms with van der Waals surface area (Å²) >= 11 is 0. The third-order valence-corrected chi connectivity index (χ3v) is 3.97. The Hall–Kier alpha value is -1.30. The molecular weight excluding hydrogens is 248 g/mol. The molecular formula is C13H22N2O4. The minimum atomic E-state index is -1.12. The van der Waals surface area contributed by atoms with Crippen molar-refractivity contribution in [1.29, 1.82) is 0 Å². The maximum Gasteiger partial charge on any atom is 0.326 e. The van der Waals surface area contributed by atoms with Crippen molar-refractivity contribution in [1.82, 2.24) is 10.6 Å². The van der Waals surface area contributed by atoms with E-state index in [2.05, 4.69) is 10.6 Å². The van der Waals surface area contributed by atoms with Crippen molar-refractivity contribution in [2.24, 2.45) is 17.8 Å². The van der Waals surface area contributed by atoms with E-state index in [9.17, 15) is 9.59 Å². The molecule has 2 fully saturated rings. The summed E-state index contributed by atoms with van der Waals surface area (Å²) in [5.74, 6) is 0.943. The second kappa shape index (κ2) is 6.23. The number of nitrogens with one attached hydrogen (secondary N) is 2. The Bertz CT molecular complexity index is 328. The third kappa shape index (κ3) is 4.38. The highest BCUT2D eigenvalue weighted by molar-refractivity contribution is 5.82. The molecule has 0 aromatic heterocycles. The average Bonchev–Trinajstić information content (AvgIpc) is 3.22. The number of hydrogen-bond acceptors (Lipinski definition) is 3. The van der Waals surface area contributed by atoms with E-state index in [1.54, 1.807) is 0 Å². The van der Waals surface area contributed by atoms with E-state index < -0.39 is 18.0 Å². The molecule has 0 aromatic carbocycles. The molecule has 1 atom stereocenters. The first-order valence-electron chi connectivity index (χ1n) is 7.00. The number of rotatable bonds is 8. The Balaban J connectivity index is 1.71. The highest BCUT2D eigenvalue weighted by Gasteiger charge is 2.41. The van der Waals surface area contributed by atoms with Crippen molar-refractivity contribution < 1.29 is 19.8 Å². The summed E-state index contributed by atoms with van der Waals surface area (Å²) in [7, 11) is 0. The minimum absolute atomic E-state index is 0.0252. The van der Waals surface area contributed by atoms with Crippen LogP contribution in [0.1, 0.15) is 32.1 Å². The van der Waals surface area contributed by atoms with Crippen LogP contribution in [0.25, 0.3) is 0 Å². The zero-order valence-corrected chi connectivity index (χ0v) is 11.0. The van der Waals surface area contributed by atoms with Crippen molar-refractivity contribution in [2.45, 2.75) is 38.1 Å². The van der Waals surface area contributed by atoms with E-state index in [1.165, 1.54) is 25.7 Å². The lowest BCUT2D eigenvalue weighted by Gasteiger charge is -2.18. The molecule has 0 saturated heterocycles. The molecule has 6 nitrogen and oxygen atoms in total. The standard InChI is InChI=1S/C13H22N2O4/c16-6-5-11(12(17)18)15-13(19)14-7-10(8-1-2-8)9-3-4-9/h8-11,16H,1-7H2,(H,17,18)(H2,14,15,19). The Kier molecular flexibility index (Phi) is 4.63. The van der Waals surface area contributed by atoms with Gasteiger partial charge in [0.25, 0.3) is 0 Å². The monoisotopic (exact) mass is 270 g/mol. The molecule has 0 aliphatic heterocycles. The molecule has 1 unspecified atom stereocenters. The van der Waals surface area contributed by atoms with Gasteiger partial charge in [-0.25, -0.2) is 9.59 Å². The minimum Gasteiger partial charge on any atom is -0.480 e. The van der Waals surface area contributed by atoms with Gasteiger partial charge in [-0.1, -0.05) is 0 Å². The van der Waals surface area contributed by atoms with E-state index in [0.29, 0.717) is 12.5 Å². The van der Waals surface area contributed by atoms with Crippen LogP contribution < -0.4 is 10.6 Å². The van der Waals surface area contributed by atoms with Gasteiger partial charge in [0, 0.05) is 19.6 Å². The van der Waals surface area contributed by atoms with Crippen LogP contribution in [0, 0.1) is 17.8 Å². The number of amides is 2. The topological polar surface area (TPSA) is 98.7 Å². The van der Waals surface area contributed by atoms with Crippen molar-refractivity contribution >= 4 is 12.0 Å². The van der Waals surface area contributed by atoms with Gasteiger partial charge in [-0.05, 0) is 43.4 Å². The molecule has 0 spiro atoms. The number of carboxylic acid groups (broad SMARTS) is 1. The van der Waals surface area contributed by atoms with E-state index in [4.69, 9.17) is 10.2 Å². The second-order valence-corrected chi connectivity index (χ2v) is 5.60. The van der Waals surface area contributed by atoms with E-state index in [-0.39, 0.29) is 13.0 Å². The quantitative estimate of drug-likeness (QED) is 0.518. The van der Waals surface area contributed by atoms with Crippen LogP contribution >= 0.6 is 0 Å². The first-order chi connectivity index (χ1) is 9.11. The molecule has 0 bridgehead atoms. The number of urea groups is 1. The summed E-state index contributed by atoms with van der Waals surface area (Å²) in [6.45, 7) is 0.372. The Morgan fingerprint density at radius 2 is 1.74 bits per heavy atom. The lowest BCUT2D eigenvalue weighted by atomic mass is 9.98. The third-order valence-electron chi connectivity index (χ3n) is 3.97. The molecule has 0 heterocycles. The molecule has 19 heavy (non-hydrogen) atoms. The Morgan fingerprint density at radius 3 is 2.16 bits per heavy atom. The van der Waals surface area contributed by atoms with Crippen LogP contribution in [0.4, 0.5) is 4.79 Å². The van der Waals surface area contributed by atoms with Crippen molar-refractivity contribution in [3.63, 3.8) is 0 Å². The van der Waals surface area contributed by atoms with Gasteiger partial charge in [0.1, 0.15) is 6.04 Å². The van der Waals surface area contributed by atoms with Gasteiger partial charge in [0.05, 0.1) is 0 Å². The van der Waals surface area contributed by atoms with Crippen molar-refractivity contribution in [2.75, 3.05) is 13.2 Å². The van der Waals surface area contributed by atoms with E-state index in [0.717, 1.165) is 11.8 Å². The highest BCUT2D eigenvalue weighted by atomic mass is 16.4. The maximum atomic E-state index is 11.7. The molecule has 4 N–H and O–H groups in total. The summed E-state index contributed by atoms with van der Waals surface area (Å²) in [4.78, 5) is 22.5. The fraction of sp³-hybridized carbons (Fsp3) is 0.846. The number of aliphatic hydroxyl groups is 1. The number of aliphatic carboxylic acids is 1. The van der Waals surface area contributed by atoms with Crippen LogP contribution in [-0.2, 0) is 4.79 Å². The zero-order chi connectivity index (χ0) is 13.8. The predicted octanol–water partition coefficient (Wildman–Crippen LogP) is 0.557. The summed E-state index contributed by atoms with van der Waals surface area (Å²) < 4.78 is 0. The molecule has 108 valence electrons. The number of carbonyl (C=O) groups excluding carboxylic acids is 1.